The second-order valence-electron chi connectivity index (χ2n) is 8.27. The Morgan fingerprint density at radius 2 is 1.82 bits per heavy atom. The van der Waals surface area contributed by atoms with Gasteiger partial charge in [0.1, 0.15) is 23.5 Å². The number of nitrogens with two attached hydrogens (primary N) is 1. The molecule has 1 unspecified atom stereocenters. The number of benzene rings is 2. The van der Waals surface area contributed by atoms with Crippen molar-refractivity contribution in [2.45, 2.75) is 44.8 Å². The molecule has 0 radical (unpaired) electrons. The number of anilines is 1. The van der Waals surface area contributed by atoms with Crippen LogP contribution in [0, 0.1) is 13.8 Å². The van der Waals surface area contributed by atoms with Gasteiger partial charge in [0.25, 0.3) is 0 Å². The highest BCUT2D eigenvalue weighted by Gasteiger charge is 2.42. The van der Waals surface area contributed by atoms with Crippen molar-refractivity contribution in [1.82, 2.24) is 9.97 Å². The number of hydrogen-bond acceptors (Lipinski definition) is 5. The molecule has 1 fully saturated rings. The van der Waals surface area contributed by atoms with Crippen molar-refractivity contribution >= 4 is 16.7 Å². The molecule has 1 spiro atoms. The minimum Gasteiger partial charge on any atom is -0.487 e. The number of aryl methyl sites for hydroxylation is 2. The Bertz CT molecular complexity index is 1040. The van der Waals surface area contributed by atoms with Crippen LogP contribution in [0.5, 0.6) is 5.75 Å². The Morgan fingerprint density at radius 1 is 1.07 bits per heavy atom. The quantitative estimate of drug-likeness (QED) is 0.696. The van der Waals surface area contributed by atoms with E-state index < -0.39 is 0 Å². The van der Waals surface area contributed by atoms with Crippen molar-refractivity contribution in [2.75, 3.05) is 18.0 Å². The van der Waals surface area contributed by atoms with E-state index in [0.717, 1.165) is 60.4 Å². The van der Waals surface area contributed by atoms with E-state index in [4.69, 9.17) is 10.5 Å². The van der Waals surface area contributed by atoms with Gasteiger partial charge in [-0.1, -0.05) is 18.2 Å². The molecule has 5 rings (SSSR count). The first-order valence-corrected chi connectivity index (χ1v) is 10.1. The van der Waals surface area contributed by atoms with E-state index in [-0.39, 0.29) is 11.6 Å². The fraction of sp³-hybridized carbons (Fsp3) is 0.391. The van der Waals surface area contributed by atoms with Gasteiger partial charge >= 0.3 is 0 Å². The Morgan fingerprint density at radius 3 is 2.64 bits per heavy atom. The molecule has 5 heteroatoms. The fourth-order valence-corrected chi connectivity index (χ4v) is 4.65. The number of aromatic nitrogens is 2. The van der Waals surface area contributed by atoms with Crippen molar-refractivity contribution in [3.8, 4) is 5.75 Å². The van der Waals surface area contributed by atoms with E-state index in [2.05, 4.69) is 46.9 Å². The highest BCUT2D eigenvalue weighted by molar-refractivity contribution is 5.90. The Kier molecular flexibility index (Phi) is 4.02. The van der Waals surface area contributed by atoms with Gasteiger partial charge in [0, 0.05) is 49.3 Å². The first-order chi connectivity index (χ1) is 13.5. The SMILES string of the molecule is Cc1cc2ncnc(N3CCC4(CC3)CC(N)c3ccccc3O4)c2cc1C. The summed E-state index contributed by atoms with van der Waals surface area (Å²) in [5.74, 6) is 1.98. The predicted molar refractivity (Wildman–Crippen MR) is 112 cm³/mol. The van der Waals surface area contributed by atoms with Crippen LogP contribution in [0.25, 0.3) is 10.9 Å². The van der Waals surface area contributed by atoms with E-state index in [9.17, 15) is 0 Å². The largest absolute Gasteiger partial charge is 0.487 e. The summed E-state index contributed by atoms with van der Waals surface area (Å²) < 4.78 is 6.50. The molecule has 2 N–H and O–H groups in total. The topological polar surface area (TPSA) is 64.3 Å². The Balaban J connectivity index is 1.41. The highest BCUT2D eigenvalue weighted by atomic mass is 16.5. The van der Waals surface area contributed by atoms with Crippen LogP contribution in [0.15, 0.2) is 42.7 Å². The third-order valence-corrected chi connectivity index (χ3v) is 6.44. The molecule has 2 aliphatic rings. The lowest BCUT2D eigenvalue weighted by Gasteiger charge is -2.46. The van der Waals surface area contributed by atoms with Crippen LogP contribution in [0.4, 0.5) is 5.82 Å². The average Bonchev–Trinajstić information content (AvgIpc) is 2.69. The third-order valence-electron chi connectivity index (χ3n) is 6.44. The first kappa shape index (κ1) is 17.4. The molecular weight excluding hydrogens is 348 g/mol. The number of fused-ring (bicyclic) bond motifs is 2. The maximum absolute atomic E-state index is 6.50. The molecule has 5 nitrogen and oxygen atoms in total. The molecule has 0 aliphatic carbocycles. The van der Waals surface area contributed by atoms with Gasteiger partial charge in [-0.25, -0.2) is 9.97 Å². The van der Waals surface area contributed by atoms with E-state index in [0.29, 0.717) is 0 Å². The fourth-order valence-electron chi connectivity index (χ4n) is 4.65. The van der Waals surface area contributed by atoms with Crippen molar-refractivity contribution in [3.63, 3.8) is 0 Å². The zero-order valence-corrected chi connectivity index (χ0v) is 16.5. The Hall–Kier alpha value is -2.66. The van der Waals surface area contributed by atoms with Gasteiger partial charge in [-0.05, 0) is 43.2 Å². The van der Waals surface area contributed by atoms with E-state index in [1.807, 2.05) is 18.2 Å². The average molecular weight is 374 g/mol. The second kappa shape index (κ2) is 6.45. The summed E-state index contributed by atoms with van der Waals surface area (Å²) >= 11 is 0. The molecule has 0 saturated carbocycles. The summed E-state index contributed by atoms with van der Waals surface area (Å²) in [6.45, 7) is 6.09. The summed E-state index contributed by atoms with van der Waals surface area (Å²) in [7, 11) is 0. The highest BCUT2D eigenvalue weighted by Crippen LogP contribution is 2.43. The lowest BCUT2D eigenvalue weighted by Crippen LogP contribution is -2.51. The van der Waals surface area contributed by atoms with Crippen LogP contribution in [0.3, 0.4) is 0 Å². The summed E-state index contributed by atoms with van der Waals surface area (Å²) in [5, 5.41) is 1.13. The van der Waals surface area contributed by atoms with Crippen LogP contribution in [0.1, 0.15) is 42.0 Å². The van der Waals surface area contributed by atoms with Crippen molar-refractivity contribution in [2.24, 2.45) is 5.73 Å². The number of nitrogens with zero attached hydrogens (tertiary/aromatic N) is 3. The van der Waals surface area contributed by atoms with Crippen molar-refractivity contribution in [1.29, 1.82) is 0 Å². The molecule has 0 amide bonds. The lowest BCUT2D eigenvalue weighted by atomic mass is 9.81. The molecule has 3 aromatic rings. The van der Waals surface area contributed by atoms with Gasteiger partial charge in [0.2, 0.25) is 0 Å². The van der Waals surface area contributed by atoms with Gasteiger partial charge in [-0.2, -0.15) is 0 Å². The normalized spacial score (nSPS) is 20.8. The van der Waals surface area contributed by atoms with Gasteiger partial charge in [0.05, 0.1) is 5.52 Å². The summed E-state index contributed by atoms with van der Waals surface area (Å²) in [5.41, 5.74) is 11.0. The van der Waals surface area contributed by atoms with Crippen molar-refractivity contribution < 1.29 is 4.74 Å². The third kappa shape index (κ3) is 2.81. The zero-order chi connectivity index (χ0) is 19.3. The maximum Gasteiger partial charge on any atom is 0.139 e. The van der Waals surface area contributed by atoms with Crippen LogP contribution in [0.2, 0.25) is 0 Å². The molecule has 2 aromatic carbocycles. The standard InChI is InChI=1S/C23H26N4O/c1-15-11-18-20(12-16(15)2)25-14-26-22(18)27-9-7-23(8-10-27)13-19(24)17-5-3-4-6-21(17)28-23/h3-6,11-12,14,19H,7-10,13,24H2,1-2H3. The minimum atomic E-state index is -0.167. The molecule has 1 saturated heterocycles. The van der Waals surface area contributed by atoms with E-state index in [1.54, 1.807) is 6.33 Å². The first-order valence-electron chi connectivity index (χ1n) is 10.1. The number of rotatable bonds is 1. The smallest absolute Gasteiger partial charge is 0.139 e. The molecule has 0 bridgehead atoms. The lowest BCUT2D eigenvalue weighted by molar-refractivity contribution is 0.0132. The van der Waals surface area contributed by atoms with Gasteiger partial charge in [-0.15, -0.1) is 0 Å². The maximum atomic E-state index is 6.50. The van der Waals surface area contributed by atoms with E-state index in [1.165, 1.54) is 11.1 Å². The molecule has 1 aromatic heterocycles. The van der Waals surface area contributed by atoms with Crippen LogP contribution in [-0.2, 0) is 0 Å². The van der Waals surface area contributed by atoms with Crippen LogP contribution in [-0.4, -0.2) is 28.7 Å². The molecular formula is C23H26N4O. The van der Waals surface area contributed by atoms with Crippen LogP contribution >= 0.6 is 0 Å². The Labute approximate surface area is 165 Å². The minimum absolute atomic E-state index is 0.0435. The second-order valence-corrected chi connectivity index (χ2v) is 8.27. The molecule has 144 valence electrons. The van der Waals surface area contributed by atoms with Crippen molar-refractivity contribution in [3.05, 3.63) is 59.4 Å². The predicted octanol–water partition coefficient (Wildman–Crippen LogP) is 4.07. The number of ether oxygens (including phenoxy) is 1. The summed E-state index contributed by atoms with van der Waals surface area (Å²) in [4.78, 5) is 11.5. The number of piperidine rings is 1. The monoisotopic (exact) mass is 374 g/mol. The number of para-hydroxylation sites is 1. The van der Waals surface area contributed by atoms with Gasteiger partial charge < -0.3 is 15.4 Å². The summed E-state index contributed by atoms with van der Waals surface area (Å²) in [6, 6.07) is 12.6. The summed E-state index contributed by atoms with van der Waals surface area (Å²) in [6.07, 6.45) is 4.46. The van der Waals surface area contributed by atoms with Gasteiger partial charge in [-0.3, -0.25) is 0 Å². The molecule has 28 heavy (non-hydrogen) atoms. The molecule has 2 aliphatic heterocycles. The van der Waals surface area contributed by atoms with Crippen LogP contribution < -0.4 is 15.4 Å². The van der Waals surface area contributed by atoms with E-state index >= 15 is 0 Å². The zero-order valence-electron chi connectivity index (χ0n) is 16.5. The molecule has 3 heterocycles. The van der Waals surface area contributed by atoms with Gasteiger partial charge in [0.15, 0.2) is 0 Å². The number of hydrogen-bond donors (Lipinski definition) is 1. The molecule has 1 atom stereocenters.